The molecule has 0 saturated heterocycles. The summed E-state index contributed by atoms with van der Waals surface area (Å²) >= 11 is 0.967. The molecule has 3 nitrogen and oxygen atoms in total. The summed E-state index contributed by atoms with van der Waals surface area (Å²) < 4.78 is 25.9. The van der Waals surface area contributed by atoms with E-state index in [0.717, 1.165) is 24.0 Å². The minimum Gasteiger partial charge on any atom is -0.478 e. The van der Waals surface area contributed by atoms with Gasteiger partial charge in [0, 0.05) is 4.90 Å². The molecular weight excluding hydrogens is 260 g/mol. The summed E-state index contributed by atoms with van der Waals surface area (Å²) in [4.78, 5) is 15.1. The van der Waals surface area contributed by atoms with Gasteiger partial charge in [0.1, 0.15) is 16.7 Å². The smallest absolute Gasteiger partial charge is 0.338 e. The number of hydrogen-bond acceptors (Lipinski definition) is 3. The first kappa shape index (κ1) is 12.5. The van der Waals surface area contributed by atoms with Gasteiger partial charge in [-0.2, -0.15) is 0 Å². The molecule has 0 bridgehead atoms. The van der Waals surface area contributed by atoms with Gasteiger partial charge in [0.2, 0.25) is 0 Å². The lowest BCUT2D eigenvalue weighted by atomic mass is 10.3. The van der Waals surface area contributed by atoms with E-state index >= 15 is 0 Å². The predicted molar refractivity (Wildman–Crippen MR) is 61.7 cm³/mol. The summed E-state index contributed by atoms with van der Waals surface area (Å²) in [7, 11) is 0. The van der Waals surface area contributed by atoms with Crippen molar-refractivity contribution in [1.82, 2.24) is 4.98 Å². The fraction of sp³-hybridized carbons (Fsp3) is 0. The number of nitrogens with zero attached hydrogens (tertiary/aromatic N) is 1. The van der Waals surface area contributed by atoms with Gasteiger partial charge in [-0.3, -0.25) is 0 Å². The SMILES string of the molecule is O=C(O)c1cc(F)cnc1Sc1cccc(F)c1. The van der Waals surface area contributed by atoms with E-state index in [9.17, 15) is 13.6 Å². The van der Waals surface area contributed by atoms with Gasteiger partial charge in [-0.25, -0.2) is 18.6 Å². The molecule has 2 rings (SSSR count). The standard InChI is InChI=1S/C12H7F2NO2S/c13-7-2-1-3-9(4-7)18-11-10(12(16)17)5-8(14)6-15-11/h1-6H,(H,16,17). The number of aromatic carboxylic acids is 1. The number of carbonyl (C=O) groups is 1. The lowest BCUT2D eigenvalue weighted by Crippen LogP contribution is -2.01. The van der Waals surface area contributed by atoms with Crippen molar-refractivity contribution in [3.05, 3.63) is 53.7 Å². The lowest BCUT2D eigenvalue weighted by Gasteiger charge is -2.04. The summed E-state index contributed by atoms with van der Waals surface area (Å²) in [5.74, 6) is -2.43. The van der Waals surface area contributed by atoms with Crippen molar-refractivity contribution in [3.8, 4) is 0 Å². The average molecular weight is 267 g/mol. The average Bonchev–Trinajstić information content (AvgIpc) is 2.31. The molecular formula is C12H7F2NO2S. The molecule has 0 aliphatic carbocycles. The molecule has 1 aromatic carbocycles. The molecule has 2 aromatic rings. The number of halogens is 2. The third-order valence-electron chi connectivity index (χ3n) is 2.06. The molecule has 0 atom stereocenters. The van der Waals surface area contributed by atoms with Crippen molar-refractivity contribution in [2.75, 3.05) is 0 Å². The van der Waals surface area contributed by atoms with E-state index in [-0.39, 0.29) is 10.6 Å². The van der Waals surface area contributed by atoms with Gasteiger partial charge in [0.25, 0.3) is 0 Å². The first-order valence-corrected chi connectivity index (χ1v) is 5.70. The third-order valence-corrected chi connectivity index (χ3v) is 3.07. The Morgan fingerprint density at radius 3 is 2.67 bits per heavy atom. The summed E-state index contributed by atoms with van der Waals surface area (Å²) in [6.07, 6.45) is 0.925. The Morgan fingerprint density at radius 1 is 1.22 bits per heavy atom. The number of pyridine rings is 1. The van der Waals surface area contributed by atoms with Crippen LogP contribution in [0.3, 0.4) is 0 Å². The topological polar surface area (TPSA) is 50.2 Å². The van der Waals surface area contributed by atoms with E-state index in [1.54, 1.807) is 6.07 Å². The van der Waals surface area contributed by atoms with Crippen LogP contribution in [-0.2, 0) is 0 Å². The van der Waals surface area contributed by atoms with Gasteiger partial charge in [-0.05, 0) is 24.3 Å². The van der Waals surface area contributed by atoms with Crippen LogP contribution in [0.2, 0.25) is 0 Å². The molecule has 0 aliphatic heterocycles. The molecule has 0 radical (unpaired) electrons. The van der Waals surface area contributed by atoms with Crippen LogP contribution in [0.4, 0.5) is 8.78 Å². The Kier molecular flexibility index (Phi) is 3.57. The van der Waals surface area contributed by atoms with Crippen molar-refractivity contribution in [3.63, 3.8) is 0 Å². The highest BCUT2D eigenvalue weighted by molar-refractivity contribution is 7.99. The summed E-state index contributed by atoms with van der Waals surface area (Å²) in [5, 5.41) is 9.05. The number of aromatic nitrogens is 1. The second-order valence-electron chi connectivity index (χ2n) is 3.37. The Morgan fingerprint density at radius 2 is 2.00 bits per heavy atom. The van der Waals surface area contributed by atoms with Crippen LogP contribution in [0.5, 0.6) is 0 Å². The number of hydrogen-bond donors (Lipinski definition) is 1. The highest BCUT2D eigenvalue weighted by Crippen LogP contribution is 2.29. The van der Waals surface area contributed by atoms with E-state index in [1.165, 1.54) is 18.2 Å². The number of rotatable bonds is 3. The zero-order valence-corrected chi connectivity index (χ0v) is 9.75. The number of benzene rings is 1. The van der Waals surface area contributed by atoms with E-state index in [1.807, 2.05) is 0 Å². The van der Waals surface area contributed by atoms with Crippen LogP contribution in [-0.4, -0.2) is 16.1 Å². The predicted octanol–water partition coefficient (Wildman–Crippen LogP) is 3.21. The zero-order valence-electron chi connectivity index (χ0n) is 8.93. The molecule has 1 heterocycles. The number of carboxylic acids is 1. The Labute approximate surface area is 105 Å². The van der Waals surface area contributed by atoms with Gasteiger partial charge in [0.05, 0.1) is 11.8 Å². The molecule has 0 spiro atoms. The fourth-order valence-corrected chi connectivity index (χ4v) is 2.21. The van der Waals surface area contributed by atoms with Crippen molar-refractivity contribution in [2.24, 2.45) is 0 Å². The fourth-order valence-electron chi connectivity index (χ4n) is 1.30. The van der Waals surface area contributed by atoms with Crippen LogP contribution < -0.4 is 0 Å². The van der Waals surface area contributed by atoms with Crippen molar-refractivity contribution in [2.45, 2.75) is 9.92 Å². The van der Waals surface area contributed by atoms with E-state index in [2.05, 4.69) is 4.98 Å². The molecule has 0 amide bonds. The highest BCUT2D eigenvalue weighted by atomic mass is 32.2. The first-order valence-electron chi connectivity index (χ1n) is 4.88. The third kappa shape index (κ3) is 2.84. The quantitative estimate of drug-likeness (QED) is 0.927. The van der Waals surface area contributed by atoms with Crippen LogP contribution in [0.15, 0.2) is 46.5 Å². The van der Waals surface area contributed by atoms with Crippen LogP contribution in [0.25, 0.3) is 0 Å². The summed E-state index contributed by atoms with van der Waals surface area (Å²) in [5.41, 5.74) is -0.246. The van der Waals surface area contributed by atoms with Crippen LogP contribution >= 0.6 is 11.8 Å². The zero-order chi connectivity index (χ0) is 13.1. The second kappa shape index (κ2) is 5.14. The minimum absolute atomic E-state index is 0.120. The Bertz CT molecular complexity index is 604. The van der Waals surface area contributed by atoms with E-state index < -0.39 is 17.6 Å². The second-order valence-corrected chi connectivity index (χ2v) is 4.43. The van der Waals surface area contributed by atoms with E-state index in [0.29, 0.717) is 4.90 Å². The molecule has 0 saturated carbocycles. The maximum absolute atomic E-state index is 13.0. The molecule has 0 fully saturated rings. The Hall–Kier alpha value is -1.95. The molecule has 18 heavy (non-hydrogen) atoms. The molecule has 92 valence electrons. The van der Waals surface area contributed by atoms with Gasteiger partial charge in [-0.1, -0.05) is 17.8 Å². The van der Waals surface area contributed by atoms with Gasteiger partial charge >= 0.3 is 5.97 Å². The van der Waals surface area contributed by atoms with Crippen molar-refractivity contribution in [1.29, 1.82) is 0 Å². The van der Waals surface area contributed by atoms with Crippen molar-refractivity contribution >= 4 is 17.7 Å². The van der Waals surface area contributed by atoms with E-state index in [4.69, 9.17) is 5.11 Å². The number of carboxylic acid groups (broad SMARTS) is 1. The minimum atomic E-state index is -1.28. The van der Waals surface area contributed by atoms with Gasteiger partial charge in [0.15, 0.2) is 0 Å². The lowest BCUT2D eigenvalue weighted by molar-refractivity contribution is 0.0691. The molecule has 1 N–H and O–H groups in total. The maximum Gasteiger partial charge on any atom is 0.338 e. The molecule has 0 unspecified atom stereocenters. The van der Waals surface area contributed by atoms with Crippen LogP contribution in [0, 0.1) is 11.6 Å². The van der Waals surface area contributed by atoms with Gasteiger partial charge in [-0.15, -0.1) is 0 Å². The first-order chi connectivity index (χ1) is 8.56. The molecule has 0 aliphatic rings. The highest BCUT2D eigenvalue weighted by Gasteiger charge is 2.14. The molecule has 1 aromatic heterocycles. The summed E-state index contributed by atoms with van der Waals surface area (Å²) in [6.45, 7) is 0. The maximum atomic E-state index is 13.0. The monoisotopic (exact) mass is 267 g/mol. The van der Waals surface area contributed by atoms with Gasteiger partial charge < -0.3 is 5.11 Å². The van der Waals surface area contributed by atoms with Crippen LogP contribution in [0.1, 0.15) is 10.4 Å². The summed E-state index contributed by atoms with van der Waals surface area (Å²) in [6, 6.07) is 6.53. The normalized spacial score (nSPS) is 10.3. The Balaban J connectivity index is 2.37. The largest absolute Gasteiger partial charge is 0.478 e. The van der Waals surface area contributed by atoms with Crippen molar-refractivity contribution < 1.29 is 18.7 Å². The molecule has 6 heteroatoms.